The van der Waals surface area contributed by atoms with Crippen LogP contribution in [-0.2, 0) is 21.2 Å². The number of nitrogens with one attached hydrogen (secondary N) is 1. The first-order valence-electron chi connectivity index (χ1n) is 14.9. The van der Waals surface area contributed by atoms with Gasteiger partial charge in [0.1, 0.15) is 11.9 Å². The fraction of sp³-hybridized carbons (Fsp3) is 0.567. The summed E-state index contributed by atoms with van der Waals surface area (Å²) >= 11 is 6.40. The minimum Gasteiger partial charge on any atom is -0.484 e. The maximum atomic E-state index is 13.2. The van der Waals surface area contributed by atoms with Crippen molar-refractivity contribution in [3.63, 3.8) is 0 Å². The molecule has 1 N–H and O–H groups in total. The molecule has 2 aliphatic heterocycles. The Bertz CT molecular complexity index is 1450. The van der Waals surface area contributed by atoms with Gasteiger partial charge in [-0.3, -0.25) is 4.90 Å². The molecule has 0 spiro atoms. The van der Waals surface area contributed by atoms with E-state index in [0.29, 0.717) is 49.1 Å². The molecule has 0 saturated carbocycles. The number of sulfonamides is 1. The third-order valence-corrected chi connectivity index (χ3v) is 10.3. The van der Waals surface area contributed by atoms with Gasteiger partial charge in [0.15, 0.2) is 5.69 Å². The number of nitrogens with zero attached hydrogens (tertiary/aromatic N) is 6. The van der Waals surface area contributed by atoms with Crippen molar-refractivity contribution in [1.82, 2.24) is 14.5 Å². The van der Waals surface area contributed by atoms with Crippen LogP contribution >= 0.6 is 11.6 Å². The molecule has 43 heavy (non-hydrogen) atoms. The second kappa shape index (κ2) is 14.7. The van der Waals surface area contributed by atoms with Crippen molar-refractivity contribution in [3.8, 4) is 5.75 Å². The van der Waals surface area contributed by atoms with Crippen LogP contribution in [0.2, 0.25) is 5.02 Å². The lowest BCUT2D eigenvalue weighted by Crippen LogP contribution is -2.45. The Balaban J connectivity index is 1.19. The van der Waals surface area contributed by atoms with Crippen molar-refractivity contribution in [1.29, 1.82) is 0 Å². The van der Waals surface area contributed by atoms with Gasteiger partial charge in [-0.2, -0.15) is 0 Å². The molecule has 13 heteroatoms. The van der Waals surface area contributed by atoms with Crippen LogP contribution in [0.3, 0.4) is 0 Å². The maximum absolute atomic E-state index is 13.2. The van der Waals surface area contributed by atoms with Crippen molar-refractivity contribution in [2.75, 3.05) is 52.5 Å². The van der Waals surface area contributed by atoms with Crippen LogP contribution in [0.15, 0.2) is 46.4 Å². The highest BCUT2D eigenvalue weighted by Gasteiger charge is 2.40. The quantitative estimate of drug-likeness (QED) is 0.109. The second-order valence-electron chi connectivity index (χ2n) is 11.3. The minimum absolute atomic E-state index is 0.0921. The molecule has 0 amide bonds. The predicted molar refractivity (Wildman–Crippen MR) is 165 cm³/mol. The zero-order valence-corrected chi connectivity index (χ0v) is 25.8. The van der Waals surface area contributed by atoms with Crippen LogP contribution < -0.4 is 9.46 Å². The number of fused-ring (bicyclic) bond motifs is 1. The molecule has 2 atom stereocenters. The fourth-order valence-electron chi connectivity index (χ4n) is 6.31. The molecule has 2 saturated heterocycles. The van der Waals surface area contributed by atoms with Crippen molar-refractivity contribution >= 4 is 27.3 Å². The average molecular weight is 628 g/mol. The van der Waals surface area contributed by atoms with Gasteiger partial charge in [-0.25, -0.2) is 18.0 Å². The van der Waals surface area contributed by atoms with Gasteiger partial charge in [0.05, 0.1) is 30.7 Å². The normalized spacial score (nSPS) is 21.6. The first-order valence-corrected chi connectivity index (χ1v) is 16.8. The molecule has 2 aromatic carbocycles. The van der Waals surface area contributed by atoms with Gasteiger partial charge in [-0.1, -0.05) is 23.1 Å². The van der Waals surface area contributed by atoms with E-state index in [0.717, 1.165) is 63.1 Å². The molecule has 230 valence electrons. The van der Waals surface area contributed by atoms with E-state index in [2.05, 4.69) is 29.4 Å². The molecule has 2 fully saturated rings. The summed E-state index contributed by atoms with van der Waals surface area (Å²) in [5.41, 5.74) is 10.8. The SMILES string of the molecule is [C-]#[N+]c1cc(Cl)cc2c1C[C@H](N1CCCCC1)[C@H]2Oc1ccc(S(=O)(=O)NC2CCN(CCOCCN=[N+]=[N-])CC2)cc1. The van der Waals surface area contributed by atoms with Gasteiger partial charge in [0.25, 0.3) is 0 Å². The zero-order chi connectivity index (χ0) is 30.2. The van der Waals surface area contributed by atoms with Crippen molar-refractivity contribution in [2.45, 2.75) is 61.6 Å². The Morgan fingerprint density at radius 2 is 1.81 bits per heavy atom. The number of hydrogen-bond donors (Lipinski definition) is 1. The van der Waals surface area contributed by atoms with Crippen LogP contribution in [0.4, 0.5) is 5.69 Å². The summed E-state index contributed by atoms with van der Waals surface area (Å²) in [4.78, 5) is 11.3. The largest absolute Gasteiger partial charge is 0.484 e. The van der Waals surface area contributed by atoms with E-state index in [1.54, 1.807) is 30.3 Å². The topological polar surface area (TPSA) is 124 Å². The number of piperidine rings is 2. The Morgan fingerprint density at radius 1 is 1.07 bits per heavy atom. The van der Waals surface area contributed by atoms with Crippen LogP contribution in [0, 0.1) is 6.57 Å². The van der Waals surface area contributed by atoms with Gasteiger partial charge >= 0.3 is 0 Å². The summed E-state index contributed by atoms with van der Waals surface area (Å²) in [5, 5.41) is 3.96. The van der Waals surface area contributed by atoms with Crippen LogP contribution in [0.5, 0.6) is 5.75 Å². The van der Waals surface area contributed by atoms with E-state index in [1.165, 1.54) is 6.42 Å². The van der Waals surface area contributed by atoms with Gasteiger partial charge in [0, 0.05) is 29.1 Å². The van der Waals surface area contributed by atoms with Gasteiger partial charge in [-0.05, 0) is 111 Å². The van der Waals surface area contributed by atoms with E-state index >= 15 is 0 Å². The van der Waals surface area contributed by atoms with Crippen molar-refractivity contribution in [2.24, 2.45) is 5.11 Å². The molecule has 0 bridgehead atoms. The zero-order valence-electron chi connectivity index (χ0n) is 24.2. The molecule has 0 aromatic heterocycles. The van der Waals surface area contributed by atoms with Crippen molar-refractivity contribution < 1.29 is 17.9 Å². The van der Waals surface area contributed by atoms with Gasteiger partial charge in [-0.15, -0.1) is 0 Å². The molecular weight excluding hydrogens is 590 g/mol. The van der Waals surface area contributed by atoms with E-state index in [9.17, 15) is 8.42 Å². The molecule has 1 aliphatic carbocycles. The highest BCUT2D eigenvalue weighted by molar-refractivity contribution is 7.89. The average Bonchev–Trinajstić information content (AvgIpc) is 3.37. The number of halogens is 1. The lowest BCUT2D eigenvalue weighted by molar-refractivity contribution is 0.0647. The predicted octanol–water partition coefficient (Wildman–Crippen LogP) is 5.49. The number of azide groups is 1. The van der Waals surface area contributed by atoms with Gasteiger partial charge in [0.2, 0.25) is 10.0 Å². The highest BCUT2D eigenvalue weighted by Crippen LogP contribution is 2.44. The molecule has 3 aliphatic rings. The van der Waals surface area contributed by atoms with E-state index in [-0.39, 0.29) is 23.1 Å². The van der Waals surface area contributed by atoms with E-state index in [4.69, 9.17) is 33.2 Å². The Labute approximate surface area is 258 Å². The first kappa shape index (κ1) is 31.5. The molecule has 5 rings (SSSR count). The monoisotopic (exact) mass is 627 g/mol. The number of benzene rings is 2. The third kappa shape index (κ3) is 7.99. The summed E-state index contributed by atoms with van der Waals surface area (Å²) in [6, 6.07) is 10.2. The summed E-state index contributed by atoms with van der Waals surface area (Å²) in [6.45, 7) is 13.2. The highest BCUT2D eigenvalue weighted by atomic mass is 35.5. The molecule has 0 unspecified atom stereocenters. The van der Waals surface area contributed by atoms with E-state index in [1.807, 2.05) is 6.07 Å². The third-order valence-electron chi connectivity index (χ3n) is 8.53. The summed E-state index contributed by atoms with van der Waals surface area (Å²) in [7, 11) is -3.69. The molecule has 0 radical (unpaired) electrons. The number of ether oxygens (including phenoxy) is 2. The Morgan fingerprint density at radius 3 is 2.51 bits per heavy atom. The fourth-order valence-corrected chi connectivity index (χ4v) is 7.83. The smallest absolute Gasteiger partial charge is 0.240 e. The first-order chi connectivity index (χ1) is 20.9. The van der Waals surface area contributed by atoms with Crippen LogP contribution in [0.1, 0.15) is 49.3 Å². The lowest BCUT2D eigenvalue weighted by atomic mass is 10.0. The Kier molecular flexibility index (Phi) is 10.8. The maximum Gasteiger partial charge on any atom is 0.240 e. The van der Waals surface area contributed by atoms with Crippen LogP contribution in [0.25, 0.3) is 15.3 Å². The molecule has 2 aromatic rings. The number of hydrogen-bond acceptors (Lipinski definition) is 7. The molecule has 11 nitrogen and oxygen atoms in total. The number of likely N-dealkylation sites (tertiary alicyclic amines) is 2. The van der Waals surface area contributed by atoms with Crippen molar-refractivity contribution in [3.05, 3.63) is 74.4 Å². The summed E-state index contributed by atoms with van der Waals surface area (Å²) in [5.74, 6) is 0.582. The second-order valence-corrected chi connectivity index (χ2v) is 13.4. The summed E-state index contributed by atoms with van der Waals surface area (Å²) in [6.07, 6.45) is 5.37. The van der Waals surface area contributed by atoms with Crippen LogP contribution in [-0.4, -0.2) is 82.8 Å². The van der Waals surface area contributed by atoms with Gasteiger partial charge < -0.3 is 14.4 Å². The molecular formula is C30H38ClN7O4S. The summed E-state index contributed by atoms with van der Waals surface area (Å²) < 4.78 is 41.3. The minimum atomic E-state index is -3.69. The standard InChI is InChI=1S/C30H38ClN7O4S/c1-33-28-20-22(31)19-27-26(28)21-29(38-12-3-2-4-13-38)30(27)42-24-5-7-25(8-6-24)43(39,40)35-23-9-14-37(15-10-23)16-18-41-17-11-34-36-32/h5-8,19-20,23,29-30,35H,2-4,9-18,21H2/t29-,30-/m0/s1. The van der Waals surface area contributed by atoms with E-state index < -0.39 is 10.0 Å². The Hall–Kier alpha value is -2.88. The lowest BCUT2D eigenvalue weighted by Gasteiger charge is -2.36. The molecule has 2 heterocycles. The number of rotatable bonds is 12.